The van der Waals surface area contributed by atoms with Crippen molar-refractivity contribution in [2.24, 2.45) is 5.10 Å². The van der Waals surface area contributed by atoms with Crippen molar-refractivity contribution in [3.63, 3.8) is 0 Å². The number of aromatic nitrogens is 1. The second-order valence-corrected chi connectivity index (χ2v) is 7.78. The van der Waals surface area contributed by atoms with Crippen LogP contribution in [0.3, 0.4) is 0 Å². The van der Waals surface area contributed by atoms with Crippen LogP contribution in [0.5, 0.6) is 0 Å². The molecule has 0 radical (unpaired) electrons. The van der Waals surface area contributed by atoms with Crippen molar-refractivity contribution in [2.75, 3.05) is 0 Å². The zero-order valence-corrected chi connectivity index (χ0v) is 18.4. The van der Waals surface area contributed by atoms with E-state index in [1.54, 1.807) is 18.3 Å². The largest absolute Gasteiger partial charge is 0.317 e. The second kappa shape index (κ2) is 8.95. The maximum atomic E-state index is 12.2. The molecule has 0 aliphatic rings. The molecule has 2 aromatic carbocycles. The minimum absolute atomic E-state index is 0.0434. The lowest BCUT2D eigenvalue weighted by atomic mass is 10.0. The first kappa shape index (κ1) is 22.0. The zero-order chi connectivity index (χ0) is 22.7. The smallest absolute Gasteiger partial charge is 0.271 e. The van der Waals surface area contributed by atoms with Gasteiger partial charge in [0.25, 0.3) is 5.69 Å². The Morgan fingerprint density at radius 2 is 1.74 bits per heavy atom. The molecule has 3 aromatic rings. The summed E-state index contributed by atoms with van der Waals surface area (Å²) in [5.74, 6) is -0.192. The summed E-state index contributed by atoms with van der Waals surface area (Å²) in [6.07, 6.45) is 1.86. The van der Waals surface area contributed by atoms with E-state index < -0.39 is 4.92 Å². The molecule has 31 heavy (non-hydrogen) atoms. The van der Waals surface area contributed by atoms with E-state index in [2.05, 4.69) is 10.5 Å². The van der Waals surface area contributed by atoms with Crippen LogP contribution in [0.1, 0.15) is 39.2 Å². The SMILES string of the molecule is Cc1ccc(CC(=O)N/N=C\c2cc(C)n(-c3cc([N+](=O)[O-])ccc3C)c2C)cc1C. The van der Waals surface area contributed by atoms with E-state index in [0.29, 0.717) is 0 Å². The van der Waals surface area contributed by atoms with Gasteiger partial charge in [-0.25, -0.2) is 5.43 Å². The standard InChI is InChI=1S/C24H26N4O3/c1-15-6-8-20(10-17(15)3)12-24(29)26-25-14-21-11-18(4)27(19(21)5)23-13-22(28(30)31)9-7-16(23)2/h6-11,13-14H,12H2,1-5H3,(H,26,29)/b25-14-. The van der Waals surface area contributed by atoms with Gasteiger partial charge in [-0.3, -0.25) is 14.9 Å². The summed E-state index contributed by atoms with van der Waals surface area (Å²) >= 11 is 0. The number of benzene rings is 2. The first-order chi connectivity index (χ1) is 14.7. The molecule has 1 heterocycles. The number of hydrazone groups is 1. The Kier molecular flexibility index (Phi) is 6.34. The van der Waals surface area contributed by atoms with E-state index >= 15 is 0 Å². The Bertz CT molecular complexity index is 1190. The van der Waals surface area contributed by atoms with Gasteiger partial charge in [0.05, 0.1) is 23.2 Å². The van der Waals surface area contributed by atoms with Gasteiger partial charge >= 0.3 is 0 Å². The minimum Gasteiger partial charge on any atom is -0.317 e. The maximum Gasteiger partial charge on any atom is 0.271 e. The third-order valence-corrected chi connectivity index (χ3v) is 5.44. The second-order valence-electron chi connectivity index (χ2n) is 7.78. The molecule has 1 amide bonds. The summed E-state index contributed by atoms with van der Waals surface area (Å²) in [6.45, 7) is 9.83. The van der Waals surface area contributed by atoms with Gasteiger partial charge < -0.3 is 4.57 Å². The Hall–Kier alpha value is -3.74. The normalized spacial score (nSPS) is 11.1. The van der Waals surface area contributed by atoms with Gasteiger partial charge in [0.2, 0.25) is 5.91 Å². The van der Waals surface area contributed by atoms with Crippen LogP contribution in [0.15, 0.2) is 47.6 Å². The number of hydrogen-bond donors (Lipinski definition) is 1. The molecule has 7 nitrogen and oxygen atoms in total. The van der Waals surface area contributed by atoms with Crippen molar-refractivity contribution in [1.29, 1.82) is 0 Å². The number of hydrogen-bond acceptors (Lipinski definition) is 4. The molecule has 0 saturated carbocycles. The molecule has 3 rings (SSSR count). The van der Waals surface area contributed by atoms with E-state index in [9.17, 15) is 14.9 Å². The van der Waals surface area contributed by atoms with Gasteiger partial charge in [0.1, 0.15) is 0 Å². The Morgan fingerprint density at radius 3 is 2.42 bits per heavy atom. The lowest BCUT2D eigenvalue weighted by Crippen LogP contribution is -2.19. The van der Waals surface area contributed by atoms with Crippen LogP contribution in [-0.4, -0.2) is 21.6 Å². The van der Waals surface area contributed by atoms with E-state index in [1.807, 2.05) is 63.5 Å². The third-order valence-electron chi connectivity index (χ3n) is 5.44. The lowest BCUT2D eigenvalue weighted by molar-refractivity contribution is -0.384. The fraction of sp³-hybridized carbons (Fsp3) is 0.250. The number of nitrogens with one attached hydrogen (secondary N) is 1. The van der Waals surface area contributed by atoms with Gasteiger partial charge in [0, 0.05) is 29.1 Å². The van der Waals surface area contributed by atoms with Crippen LogP contribution in [0.2, 0.25) is 0 Å². The van der Waals surface area contributed by atoms with Crippen LogP contribution in [-0.2, 0) is 11.2 Å². The molecule has 0 aliphatic carbocycles. The molecule has 0 spiro atoms. The van der Waals surface area contributed by atoms with Gasteiger partial charge in [-0.1, -0.05) is 24.3 Å². The molecular weight excluding hydrogens is 392 g/mol. The topological polar surface area (TPSA) is 89.5 Å². The van der Waals surface area contributed by atoms with Crippen LogP contribution in [0.4, 0.5) is 5.69 Å². The molecule has 0 bridgehead atoms. The Labute approximate surface area is 181 Å². The first-order valence-corrected chi connectivity index (χ1v) is 9.99. The molecule has 0 fully saturated rings. The summed E-state index contributed by atoms with van der Waals surface area (Å²) in [7, 11) is 0. The van der Waals surface area contributed by atoms with E-state index in [4.69, 9.17) is 0 Å². The predicted molar refractivity (Wildman–Crippen MR) is 122 cm³/mol. The van der Waals surface area contributed by atoms with Crippen molar-refractivity contribution in [3.05, 3.63) is 91.8 Å². The number of non-ortho nitro benzene ring substituents is 1. The highest BCUT2D eigenvalue weighted by atomic mass is 16.6. The van der Waals surface area contributed by atoms with Crippen LogP contribution in [0, 0.1) is 44.7 Å². The quantitative estimate of drug-likeness (QED) is 0.360. The highest BCUT2D eigenvalue weighted by Gasteiger charge is 2.15. The average Bonchev–Trinajstić information content (AvgIpc) is 2.98. The van der Waals surface area contributed by atoms with Gasteiger partial charge in [0.15, 0.2) is 0 Å². The summed E-state index contributed by atoms with van der Waals surface area (Å²) in [5, 5.41) is 15.3. The summed E-state index contributed by atoms with van der Waals surface area (Å²) in [5.41, 5.74) is 10.2. The van der Waals surface area contributed by atoms with E-state index in [0.717, 1.165) is 39.3 Å². The third kappa shape index (κ3) is 4.88. The number of aryl methyl sites for hydroxylation is 4. The predicted octanol–water partition coefficient (Wildman–Crippen LogP) is 4.62. The van der Waals surface area contributed by atoms with Crippen LogP contribution < -0.4 is 5.43 Å². The monoisotopic (exact) mass is 418 g/mol. The zero-order valence-electron chi connectivity index (χ0n) is 18.4. The van der Waals surface area contributed by atoms with Gasteiger partial charge in [-0.15, -0.1) is 0 Å². The summed E-state index contributed by atoms with van der Waals surface area (Å²) in [4.78, 5) is 23.0. The molecule has 0 atom stereocenters. The molecule has 1 N–H and O–H groups in total. The maximum absolute atomic E-state index is 12.2. The minimum atomic E-state index is -0.398. The van der Waals surface area contributed by atoms with E-state index in [1.165, 1.54) is 11.6 Å². The Balaban J connectivity index is 1.77. The van der Waals surface area contributed by atoms with Crippen molar-refractivity contribution in [1.82, 2.24) is 9.99 Å². The molecule has 160 valence electrons. The summed E-state index contributed by atoms with van der Waals surface area (Å²) in [6, 6.07) is 12.7. The van der Waals surface area contributed by atoms with Crippen molar-refractivity contribution < 1.29 is 9.72 Å². The average molecular weight is 418 g/mol. The molecule has 7 heteroatoms. The van der Waals surface area contributed by atoms with Crippen LogP contribution >= 0.6 is 0 Å². The highest BCUT2D eigenvalue weighted by Crippen LogP contribution is 2.26. The first-order valence-electron chi connectivity index (χ1n) is 9.99. The van der Waals surface area contributed by atoms with Crippen LogP contribution in [0.25, 0.3) is 5.69 Å². The number of nitrogens with zero attached hydrogens (tertiary/aromatic N) is 3. The number of nitro groups is 1. The lowest BCUT2D eigenvalue weighted by Gasteiger charge is -2.12. The van der Waals surface area contributed by atoms with Gasteiger partial charge in [-0.05, 0) is 62.9 Å². The summed E-state index contributed by atoms with van der Waals surface area (Å²) < 4.78 is 1.96. The number of rotatable bonds is 6. The number of carbonyl (C=O) groups excluding carboxylic acids is 1. The molecule has 0 saturated heterocycles. The van der Waals surface area contributed by atoms with E-state index in [-0.39, 0.29) is 18.0 Å². The molecule has 0 aliphatic heterocycles. The number of amides is 1. The highest BCUT2D eigenvalue weighted by molar-refractivity contribution is 5.85. The number of carbonyl (C=O) groups is 1. The molecule has 0 unspecified atom stereocenters. The molecule has 1 aromatic heterocycles. The van der Waals surface area contributed by atoms with Gasteiger partial charge in [-0.2, -0.15) is 5.10 Å². The fourth-order valence-corrected chi connectivity index (χ4v) is 3.55. The number of nitro benzene ring substituents is 1. The molecular formula is C24H26N4O3. The van der Waals surface area contributed by atoms with Crippen molar-refractivity contribution >= 4 is 17.8 Å². The Morgan fingerprint density at radius 1 is 1.03 bits per heavy atom. The fourth-order valence-electron chi connectivity index (χ4n) is 3.55. The van der Waals surface area contributed by atoms with Crippen molar-refractivity contribution in [3.8, 4) is 5.69 Å². The van der Waals surface area contributed by atoms with Crippen molar-refractivity contribution in [2.45, 2.75) is 41.0 Å².